The van der Waals surface area contributed by atoms with Crippen molar-refractivity contribution >= 4 is 23.3 Å². The number of aryl methyl sites for hydroxylation is 2. The number of rotatable bonds is 10. The minimum Gasteiger partial charge on any atom is -0.367 e. The molecule has 7 nitrogen and oxygen atoms in total. The van der Waals surface area contributed by atoms with E-state index in [1.54, 1.807) is 0 Å². The second kappa shape index (κ2) is 16.0. The highest BCUT2D eigenvalue weighted by molar-refractivity contribution is 6.27. The summed E-state index contributed by atoms with van der Waals surface area (Å²) in [5.41, 5.74) is 15.6. The highest BCUT2D eigenvalue weighted by Crippen LogP contribution is 2.41. The maximum Gasteiger partial charge on any atom is 0.164 e. The predicted molar refractivity (Wildman–Crippen MR) is 236 cm³/mol. The Morgan fingerprint density at radius 3 is 1.61 bits per heavy atom. The lowest BCUT2D eigenvalue weighted by molar-refractivity contribution is 0.0386. The van der Waals surface area contributed by atoms with Crippen molar-refractivity contribution in [2.45, 2.75) is 65.0 Å². The molecule has 59 heavy (non-hydrogen) atoms. The number of benzene rings is 5. The second-order valence-corrected chi connectivity index (χ2v) is 15.7. The van der Waals surface area contributed by atoms with E-state index >= 15 is 0 Å². The highest BCUT2D eigenvalue weighted by Gasteiger charge is 2.31. The molecule has 0 saturated heterocycles. The number of hydrogen-bond acceptors (Lipinski definition) is 6. The fourth-order valence-corrected chi connectivity index (χ4v) is 8.76. The first-order valence-corrected chi connectivity index (χ1v) is 20.6. The van der Waals surface area contributed by atoms with Crippen LogP contribution >= 0.6 is 0 Å². The molecule has 0 spiro atoms. The predicted octanol–water partition coefficient (Wildman–Crippen LogP) is 11.8. The van der Waals surface area contributed by atoms with Crippen molar-refractivity contribution in [1.82, 2.24) is 9.97 Å². The first-order valence-electron chi connectivity index (χ1n) is 20.6. The summed E-state index contributed by atoms with van der Waals surface area (Å²) in [4.78, 5) is 20.9. The van der Waals surface area contributed by atoms with Crippen LogP contribution in [0.25, 0.3) is 22.3 Å². The van der Waals surface area contributed by atoms with Crippen LogP contribution in [0.1, 0.15) is 80.9 Å². The fourth-order valence-electron chi connectivity index (χ4n) is 8.76. The molecule has 2 aliphatic carbocycles. The molecule has 10 rings (SSSR count). The number of aliphatic imine (C=N–C) groups is 2. The molecule has 2 aromatic heterocycles. The number of nitrogens with zero attached hydrogens (tertiary/aromatic N) is 4. The van der Waals surface area contributed by atoms with Crippen LogP contribution in [0, 0.1) is 13.8 Å². The molecule has 3 heterocycles. The van der Waals surface area contributed by atoms with Crippen molar-refractivity contribution in [2.75, 3.05) is 5.32 Å². The third kappa shape index (κ3) is 7.51. The number of pyridine rings is 2. The fraction of sp³-hybridized carbons (Fsp3) is 0.192. The van der Waals surface area contributed by atoms with Crippen LogP contribution in [0.5, 0.6) is 0 Å². The number of ether oxygens (including phenoxy) is 2. The van der Waals surface area contributed by atoms with Gasteiger partial charge in [-0.15, -0.1) is 0 Å². The van der Waals surface area contributed by atoms with Gasteiger partial charge in [0.05, 0.1) is 24.6 Å². The van der Waals surface area contributed by atoms with Gasteiger partial charge in [-0.25, -0.2) is 20.0 Å². The molecule has 290 valence electrons. The molecule has 0 amide bonds. The minimum atomic E-state index is -0.0895. The number of nitrogens with one attached hydrogen (secondary N) is 1. The summed E-state index contributed by atoms with van der Waals surface area (Å²) in [6.07, 6.45) is 3.53. The van der Waals surface area contributed by atoms with Crippen molar-refractivity contribution in [3.05, 3.63) is 201 Å². The van der Waals surface area contributed by atoms with Crippen molar-refractivity contribution in [3.63, 3.8) is 0 Å². The monoisotopic (exact) mass is 771 g/mol. The lowest BCUT2D eigenvalue weighted by Gasteiger charge is -2.16. The van der Waals surface area contributed by atoms with Gasteiger partial charge >= 0.3 is 0 Å². The molecular formula is C52H45N5O2. The van der Waals surface area contributed by atoms with Crippen molar-refractivity contribution in [1.29, 1.82) is 0 Å². The second-order valence-electron chi connectivity index (χ2n) is 15.7. The van der Waals surface area contributed by atoms with Crippen molar-refractivity contribution in [3.8, 4) is 22.3 Å². The zero-order valence-corrected chi connectivity index (χ0v) is 33.4. The zero-order chi connectivity index (χ0) is 39.7. The van der Waals surface area contributed by atoms with E-state index in [0.29, 0.717) is 30.7 Å². The third-order valence-corrected chi connectivity index (χ3v) is 11.8. The average molecular weight is 772 g/mol. The van der Waals surface area contributed by atoms with Gasteiger partial charge in [0.25, 0.3) is 0 Å². The van der Waals surface area contributed by atoms with Gasteiger partial charge in [-0.2, -0.15) is 0 Å². The summed E-state index contributed by atoms with van der Waals surface area (Å²) < 4.78 is 13.0. The van der Waals surface area contributed by atoms with Gasteiger partial charge in [0.15, 0.2) is 11.7 Å². The molecule has 7 aromatic rings. The summed E-state index contributed by atoms with van der Waals surface area (Å²) in [6.45, 7) is 5.41. The Kier molecular flexibility index (Phi) is 9.98. The molecule has 3 aliphatic rings. The largest absolute Gasteiger partial charge is 0.367 e. The molecule has 7 heteroatoms. The van der Waals surface area contributed by atoms with E-state index in [9.17, 15) is 0 Å². The van der Waals surface area contributed by atoms with E-state index < -0.39 is 0 Å². The van der Waals surface area contributed by atoms with E-state index in [4.69, 9.17) is 29.4 Å². The van der Waals surface area contributed by atoms with E-state index in [-0.39, 0.29) is 12.2 Å². The number of hydrogen-bond donors (Lipinski definition) is 1. The number of aromatic nitrogens is 2. The number of amidine groups is 2. The summed E-state index contributed by atoms with van der Waals surface area (Å²) in [7, 11) is 0. The molecule has 0 radical (unpaired) electrons. The average Bonchev–Trinajstić information content (AvgIpc) is 3.98. The Labute approximate surface area is 345 Å². The number of fused-ring (bicyclic) bond motifs is 3. The first-order chi connectivity index (χ1) is 29.0. The first kappa shape index (κ1) is 36.8. The van der Waals surface area contributed by atoms with Crippen LogP contribution in [0.4, 0.5) is 11.6 Å². The van der Waals surface area contributed by atoms with E-state index in [1.807, 2.05) is 24.3 Å². The molecule has 0 bridgehead atoms. The SMILES string of the molecule is Cc1cc(N=C2N=C(Nc3cc(C)c4c(n3)[C@H](OCc3ccccc3)CC4)c3cc(-c4ccccc4)c(-c4ccccc4)cc32)nc2c1CC[C@H]2OCc1ccccc1. The molecule has 0 fully saturated rings. The Morgan fingerprint density at radius 2 is 1.05 bits per heavy atom. The standard InChI is InChI=1S/C52H45N5O2/c1-33-27-47(53-49-39(33)23-25-45(49)58-31-35-15-7-3-8-16-35)55-51-43-29-41(37-19-11-5-12-20-37)42(38-21-13-6-14-22-38)30-44(43)52(57-51)56-48-28-34(2)40-24-26-46(50(40)54-48)59-32-36-17-9-4-10-18-36/h3-22,27-30,45-46H,23-26,31-32H2,1-2H3,(H,53,54,55,56,57)/t45-,46-/m1/s1. The van der Waals surface area contributed by atoms with Crippen molar-refractivity contribution in [2.24, 2.45) is 9.98 Å². The van der Waals surface area contributed by atoms with E-state index in [2.05, 4.69) is 140 Å². The van der Waals surface area contributed by atoms with Crippen LogP contribution in [0.3, 0.4) is 0 Å². The maximum absolute atomic E-state index is 6.49. The maximum atomic E-state index is 6.49. The van der Waals surface area contributed by atoms with E-state index in [1.165, 1.54) is 22.3 Å². The van der Waals surface area contributed by atoms with Crippen LogP contribution < -0.4 is 5.32 Å². The Balaban J connectivity index is 1.05. The van der Waals surface area contributed by atoms with Gasteiger partial charge in [-0.1, -0.05) is 121 Å². The topological polar surface area (TPSA) is 81.0 Å². The Morgan fingerprint density at radius 1 is 0.559 bits per heavy atom. The molecule has 1 aliphatic heterocycles. The highest BCUT2D eigenvalue weighted by atomic mass is 16.5. The molecule has 1 N–H and O–H groups in total. The summed E-state index contributed by atoms with van der Waals surface area (Å²) in [6, 6.07) is 50.5. The van der Waals surface area contributed by atoms with Gasteiger partial charge in [-0.05, 0) is 119 Å². The molecule has 2 atom stereocenters. The van der Waals surface area contributed by atoms with Crippen molar-refractivity contribution < 1.29 is 9.47 Å². The Hall–Kier alpha value is -6.54. The van der Waals surface area contributed by atoms with Gasteiger partial charge in [0.1, 0.15) is 23.9 Å². The lowest BCUT2D eigenvalue weighted by Crippen LogP contribution is -2.15. The smallest absolute Gasteiger partial charge is 0.164 e. The van der Waals surface area contributed by atoms with Crippen LogP contribution in [-0.2, 0) is 35.5 Å². The molecule has 5 aromatic carbocycles. The number of anilines is 1. The zero-order valence-electron chi connectivity index (χ0n) is 33.4. The summed E-state index contributed by atoms with van der Waals surface area (Å²) in [5, 5.41) is 3.67. The molecule has 0 saturated carbocycles. The Bertz CT molecular complexity index is 2710. The van der Waals surface area contributed by atoms with Gasteiger partial charge in [0.2, 0.25) is 0 Å². The van der Waals surface area contributed by atoms with Gasteiger partial charge in [-0.3, -0.25) is 0 Å². The van der Waals surface area contributed by atoms with Crippen LogP contribution in [-0.4, -0.2) is 21.6 Å². The third-order valence-electron chi connectivity index (χ3n) is 11.8. The van der Waals surface area contributed by atoms with Gasteiger partial charge < -0.3 is 14.8 Å². The quantitative estimate of drug-likeness (QED) is 0.150. The minimum absolute atomic E-state index is 0.0756. The van der Waals surface area contributed by atoms with Crippen LogP contribution in [0.15, 0.2) is 156 Å². The normalized spacial score (nSPS) is 17.1. The van der Waals surface area contributed by atoms with Crippen LogP contribution in [0.2, 0.25) is 0 Å². The van der Waals surface area contributed by atoms with Gasteiger partial charge in [0, 0.05) is 11.1 Å². The molecule has 0 unspecified atom stereocenters. The summed E-state index contributed by atoms with van der Waals surface area (Å²) >= 11 is 0. The molecular weight excluding hydrogens is 727 g/mol. The lowest BCUT2D eigenvalue weighted by atomic mass is 9.90. The summed E-state index contributed by atoms with van der Waals surface area (Å²) in [5.74, 6) is 2.67. The van der Waals surface area contributed by atoms with E-state index in [0.717, 1.165) is 87.4 Å².